The molecule has 6 atom stereocenters. The van der Waals surface area contributed by atoms with Gasteiger partial charge in [-0.15, -0.1) is 0 Å². The molecule has 0 saturated heterocycles. The summed E-state index contributed by atoms with van der Waals surface area (Å²) in [5, 5.41) is 59.4. The third kappa shape index (κ3) is 78.4. The molecule has 0 aliphatic carbocycles. The largest absolute Gasteiger partial charge is 0.481 e. The molecule has 0 bridgehead atoms. The number of Topliss-reactive ketones (excluding diaryl/α,β-unsaturated/α-hetero) is 7. The van der Waals surface area contributed by atoms with Gasteiger partial charge in [-0.05, 0) is 141 Å². The summed E-state index contributed by atoms with van der Waals surface area (Å²) < 4.78 is 43.0. The minimum atomic E-state index is -1.25. The zero-order valence-corrected chi connectivity index (χ0v) is 86.5. The van der Waals surface area contributed by atoms with Crippen LogP contribution >= 0.6 is 0 Å². The van der Waals surface area contributed by atoms with E-state index in [1.54, 1.807) is 20.8 Å². The van der Waals surface area contributed by atoms with E-state index in [1.807, 2.05) is 60.7 Å². The van der Waals surface area contributed by atoms with Crippen molar-refractivity contribution in [1.82, 2.24) is 42.5 Å². The average Bonchev–Trinajstić information content (AvgIpc) is 0.868. The number of nitrogens with two attached hydrogens (primary N) is 1. The first kappa shape index (κ1) is 132. The fourth-order valence-corrected chi connectivity index (χ4v) is 14.5. The van der Waals surface area contributed by atoms with Gasteiger partial charge < -0.3 is 107 Å². The van der Waals surface area contributed by atoms with E-state index in [2.05, 4.69) is 49.5 Å². The van der Waals surface area contributed by atoms with Crippen LogP contribution in [0, 0.1) is 17.8 Å². The van der Waals surface area contributed by atoms with Crippen molar-refractivity contribution in [3.63, 3.8) is 0 Å². The number of rotatable bonds is 96. The Morgan fingerprint density at radius 3 is 1.09 bits per heavy atom. The normalized spacial score (nSPS) is 12.4. The van der Waals surface area contributed by atoms with Crippen molar-refractivity contribution in [3.8, 4) is 0 Å². The smallest absolute Gasteiger partial charge is 0.326 e. The molecule has 0 aromatic heterocycles. The standard InChI is InChI=1S/C58H93N5O17.C47H76N4O14.2H2/c1-42(43(2)64)37-50(67)45(39-51(68)58(3,4)59)20-12-14-29-61-55(72)41-80-36-33-77-31-16-22-48(66)40-79-35-34-78-32-30-62-53(70)27-25-49(57(75)76)63-54(71)23-11-6-5-7-13-28-60-52(69)26-24-46(56(73)74)38-47(65)21-15-19-44-17-9-8-10-18-44;1-2-3-13-27-48-44(56)35-65-34-32-63-30-28-49-45(57)36-64-33-31-62-29-15-20-39(53)24-26-40(46(58)59)50-42(54)21-12-7-5-4-6-11-19-38(52)23-25-41(47(60)61)51-43(55)22-14-18-37-16-9-8-10-17-37;;/h8-10,17-18,42,45-46,49H,5-7,11-16,19-41,59H2,1-4H3,(H,60,69)(H,61,72)(H,62,70)(H,63,71)(H,73,74)(H,75,76);8-10,16-17,40-41H,2-7,11-15,18-36H2,1H3,(H,48,56)(H,49,57)(H,50,54)(H,51,55)(H,58,59)(H,60,61);2*1H/t42-,45-,46-,49+;40-,41-;;/m10../s1. The van der Waals surface area contributed by atoms with Crippen LogP contribution in [-0.4, -0.2) is 294 Å². The van der Waals surface area contributed by atoms with Crippen molar-refractivity contribution in [2.75, 3.05) is 138 Å². The quantitative estimate of drug-likeness (QED) is 0.0274. The molecule has 0 saturated carbocycles. The number of ether oxygens (including phenoxy) is 8. The number of aliphatic carboxylic acids is 4. The van der Waals surface area contributed by atoms with E-state index in [1.165, 1.54) is 6.92 Å². The average molecular weight is 2060 g/mol. The molecule has 40 heteroatoms. The lowest BCUT2D eigenvalue weighted by atomic mass is 9.83. The van der Waals surface area contributed by atoms with Gasteiger partial charge in [-0.2, -0.15) is 0 Å². The SMILES string of the molecule is CC(=O)[C@H](C)CC(=O)[C@H](CCCCNC(=O)COCCOCCCC(=O)COCCOCCNC(=O)CC[C@H](NC(=O)CCCCCCCNC(=O)CC[C@H](CC(=O)CCCc1ccccc1)C(=O)O)C(=O)O)CC(=O)C(C)(C)N.CCCCCNC(=O)COCCOCCNC(=O)COCCOCCCC(=O)CC[C@H](NC(=O)CCCCCCCCC(=O)CC[C@H](NC(=O)CCCc1ccccc1)C(=O)O)C(=O)O.[HH].[HH]. The number of hydrogen-bond donors (Lipinski definition) is 13. The highest BCUT2D eigenvalue weighted by Crippen LogP contribution is 2.23. The summed E-state index contributed by atoms with van der Waals surface area (Å²) in [7, 11) is 0. The first-order chi connectivity index (χ1) is 69.5. The molecule has 0 heterocycles. The first-order valence-electron chi connectivity index (χ1n) is 51.7. The Labute approximate surface area is 857 Å². The van der Waals surface area contributed by atoms with Crippen molar-refractivity contribution in [3.05, 3.63) is 71.8 Å². The molecule has 14 N–H and O–H groups in total. The Balaban J connectivity index is 0. The van der Waals surface area contributed by atoms with Gasteiger partial charge in [0.25, 0.3) is 0 Å². The summed E-state index contributed by atoms with van der Waals surface area (Å²) in [6, 6.07) is 15.9. The Morgan fingerprint density at radius 1 is 0.310 bits per heavy atom. The van der Waals surface area contributed by atoms with Crippen LogP contribution < -0.4 is 48.3 Å². The number of carboxylic acid groups (broad SMARTS) is 4. The maximum atomic E-state index is 12.9. The summed E-state index contributed by atoms with van der Waals surface area (Å²) in [5.74, 6) is -10.1. The van der Waals surface area contributed by atoms with Gasteiger partial charge in [0.15, 0.2) is 11.6 Å². The maximum absolute atomic E-state index is 12.9. The van der Waals surface area contributed by atoms with Crippen molar-refractivity contribution in [2.24, 2.45) is 23.5 Å². The third-order valence-electron chi connectivity index (χ3n) is 23.3. The number of carboxylic acids is 4. The Kier molecular flexibility index (Phi) is 79.0. The van der Waals surface area contributed by atoms with E-state index < -0.39 is 83.0 Å². The summed E-state index contributed by atoms with van der Waals surface area (Å²) in [6.07, 6.45) is 17.8. The Bertz CT molecular complexity index is 4080. The first-order valence-corrected chi connectivity index (χ1v) is 51.7. The molecule has 40 nitrogen and oxygen atoms in total. The number of carbonyl (C=O) groups is 19. The van der Waals surface area contributed by atoms with Gasteiger partial charge in [-0.1, -0.05) is 139 Å². The van der Waals surface area contributed by atoms with Gasteiger partial charge in [0.1, 0.15) is 73.5 Å². The number of carbonyl (C=O) groups excluding carboxylic acids is 15. The minimum absolute atomic E-state index is 0. The van der Waals surface area contributed by atoms with Crippen LogP contribution in [0.2, 0.25) is 0 Å². The number of aryl methyl sites for hydroxylation is 2. The van der Waals surface area contributed by atoms with Gasteiger partial charge >= 0.3 is 23.9 Å². The lowest BCUT2D eigenvalue weighted by molar-refractivity contribution is -0.144. The summed E-state index contributed by atoms with van der Waals surface area (Å²) in [5.41, 5.74) is 7.09. The minimum Gasteiger partial charge on any atom is -0.481 e. The van der Waals surface area contributed by atoms with E-state index in [0.29, 0.717) is 136 Å². The zero-order valence-electron chi connectivity index (χ0n) is 86.5. The zero-order chi connectivity index (χ0) is 107. The molecule has 0 spiro atoms. The van der Waals surface area contributed by atoms with Crippen LogP contribution in [-0.2, 0) is 142 Å². The molecule has 0 unspecified atom stereocenters. The van der Waals surface area contributed by atoms with Crippen LogP contribution in [0.4, 0.5) is 0 Å². The number of unbranched alkanes of at least 4 members (excludes halogenated alkanes) is 12. The van der Waals surface area contributed by atoms with Gasteiger partial charge in [0.05, 0.1) is 77.5 Å². The summed E-state index contributed by atoms with van der Waals surface area (Å²) in [6.45, 7) is 12.7. The molecule has 8 amide bonds. The summed E-state index contributed by atoms with van der Waals surface area (Å²) in [4.78, 5) is 231. The monoisotopic (exact) mass is 2060 g/mol. The lowest BCUT2D eigenvalue weighted by Crippen LogP contribution is -2.43. The predicted octanol–water partition coefficient (Wildman–Crippen LogP) is 9.30. The van der Waals surface area contributed by atoms with Crippen molar-refractivity contribution < 1.29 is 152 Å². The molecular formula is C105H173N9O31. The number of benzene rings is 2. The second kappa shape index (κ2) is 86.5. The maximum Gasteiger partial charge on any atom is 0.326 e. The molecular weight excluding hydrogens is 1880 g/mol. The van der Waals surface area contributed by atoms with Crippen LogP contribution in [0.1, 0.15) is 299 Å². The van der Waals surface area contributed by atoms with Gasteiger partial charge in [-0.3, -0.25) is 76.7 Å². The molecule has 2 rings (SSSR count). The third-order valence-corrected chi connectivity index (χ3v) is 23.3. The van der Waals surface area contributed by atoms with Crippen LogP contribution in [0.15, 0.2) is 60.7 Å². The molecule has 0 fully saturated rings. The Hall–Kier alpha value is -10.6. The molecule has 0 aliphatic rings. The van der Waals surface area contributed by atoms with E-state index in [4.69, 9.17) is 43.6 Å². The van der Waals surface area contributed by atoms with Crippen molar-refractivity contribution in [1.29, 1.82) is 0 Å². The molecule has 0 radical (unpaired) electrons. The van der Waals surface area contributed by atoms with E-state index >= 15 is 0 Å². The molecule has 824 valence electrons. The van der Waals surface area contributed by atoms with Crippen LogP contribution in [0.5, 0.6) is 0 Å². The number of amides is 8. The van der Waals surface area contributed by atoms with Crippen LogP contribution in [0.3, 0.4) is 0 Å². The number of hydrogen-bond acceptors (Lipinski definition) is 28. The number of ketones is 7. The highest BCUT2D eigenvalue weighted by atomic mass is 16.5. The lowest BCUT2D eigenvalue weighted by Gasteiger charge is -2.22. The fraction of sp³-hybridized carbons (Fsp3) is 0.705. The second-order valence-corrected chi connectivity index (χ2v) is 36.8. The van der Waals surface area contributed by atoms with E-state index in [-0.39, 0.29) is 275 Å². The van der Waals surface area contributed by atoms with E-state index in [9.17, 15) is 112 Å². The Morgan fingerprint density at radius 2 is 0.655 bits per heavy atom. The second-order valence-electron chi connectivity index (χ2n) is 36.8. The predicted molar refractivity (Wildman–Crippen MR) is 543 cm³/mol. The van der Waals surface area contributed by atoms with Crippen LogP contribution in [0.25, 0.3) is 0 Å². The molecule has 145 heavy (non-hydrogen) atoms. The highest BCUT2D eigenvalue weighted by Gasteiger charge is 2.31. The van der Waals surface area contributed by atoms with E-state index in [0.717, 1.165) is 75.3 Å². The molecule has 2 aromatic rings. The van der Waals surface area contributed by atoms with Crippen molar-refractivity contribution in [2.45, 2.75) is 322 Å². The van der Waals surface area contributed by atoms with Gasteiger partial charge in [-0.25, -0.2) is 14.4 Å². The number of nitrogens with one attached hydrogen (secondary N) is 8. The molecule has 2 aromatic carbocycles. The van der Waals surface area contributed by atoms with Gasteiger partial charge in [0, 0.05) is 151 Å². The van der Waals surface area contributed by atoms with Crippen molar-refractivity contribution >= 4 is 112 Å². The topological polar surface area (TPSA) is 601 Å². The summed E-state index contributed by atoms with van der Waals surface area (Å²) >= 11 is 0. The van der Waals surface area contributed by atoms with Gasteiger partial charge in [0.2, 0.25) is 47.3 Å². The fourth-order valence-electron chi connectivity index (χ4n) is 14.5. The molecule has 0 aliphatic heterocycles. The highest BCUT2D eigenvalue weighted by molar-refractivity contribution is 5.94.